The van der Waals surface area contributed by atoms with E-state index in [9.17, 15) is 14.4 Å². The molecule has 1 atom stereocenters. The summed E-state index contributed by atoms with van der Waals surface area (Å²) in [5.74, 6) is 0.826. The highest BCUT2D eigenvalue weighted by Crippen LogP contribution is 2.39. The SMILES string of the molecule is COc1ccc2c(=O)n(C)c(C(CN3CCCC3=O)N3CCCC3=O)c(-c3ccccc3)c2c1. The third kappa shape index (κ3) is 3.75. The van der Waals surface area contributed by atoms with Crippen LogP contribution in [0.2, 0.25) is 0 Å². The van der Waals surface area contributed by atoms with E-state index >= 15 is 0 Å². The van der Waals surface area contributed by atoms with Crippen molar-refractivity contribution in [3.63, 3.8) is 0 Å². The average Bonchev–Trinajstić information content (AvgIpc) is 3.47. The zero-order chi connectivity index (χ0) is 23.8. The minimum atomic E-state index is -0.416. The van der Waals surface area contributed by atoms with Gasteiger partial charge in [-0.2, -0.15) is 0 Å². The van der Waals surface area contributed by atoms with Crippen LogP contribution in [0.3, 0.4) is 0 Å². The molecule has 2 saturated heterocycles. The van der Waals surface area contributed by atoms with Crippen LogP contribution in [0.1, 0.15) is 37.4 Å². The first-order chi connectivity index (χ1) is 16.5. The summed E-state index contributed by atoms with van der Waals surface area (Å²) in [7, 11) is 3.38. The van der Waals surface area contributed by atoms with Crippen LogP contribution in [-0.4, -0.2) is 52.9 Å². The summed E-state index contributed by atoms with van der Waals surface area (Å²) in [6, 6.07) is 15.0. The maximum absolute atomic E-state index is 13.6. The van der Waals surface area contributed by atoms with E-state index in [0.717, 1.165) is 35.0 Å². The van der Waals surface area contributed by atoms with E-state index in [1.165, 1.54) is 0 Å². The Labute approximate surface area is 198 Å². The predicted molar refractivity (Wildman–Crippen MR) is 131 cm³/mol. The Hall–Kier alpha value is -3.61. The smallest absolute Gasteiger partial charge is 0.258 e. The highest BCUT2D eigenvalue weighted by atomic mass is 16.5. The second kappa shape index (κ2) is 8.97. The fraction of sp³-hybridized carbons (Fsp3) is 0.370. The first-order valence-electron chi connectivity index (χ1n) is 11.8. The van der Waals surface area contributed by atoms with Gasteiger partial charge >= 0.3 is 0 Å². The molecule has 2 aliphatic heterocycles. The van der Waals surface area contributed by atoms with E-state index < -0.39 is 6.04 Å². The van der Waals surface area contributed by atoms with Crippen molar-refractivity contribution in [2.45, 2.75) is 31.7 Å². The summed E-state index contributed by atoms with van der Waals surface area (Å²) in [6.45, 7) is 1.67. The van der Waals surface area contributed by atoms with E-state index in [2.05, 4.69) is 0 Å². The van der Waals surface area contributed by atoms with E-state index in [4.69, 9.17) is 4.74 Å². The number of ether oxygens (including phenoxy) is 1. The summed E-state index contributed by atoms with van der Waals surface area (Å²) in [6.07, 6.45) is 2.61. The van der Waals surface area contributed by atoms with Crippen LogP contribution in [0.25, 0.3) is 21.9 Å². The topological polar surface area (TPSA) is 71.8 Å². The molecule has 7 nitrogen and oxygen atoms in total. The van der Waals surface area contributed by atoms with E-state index in [-0.39, 0.29) is 17.4 Å². The lowest BCUT2D eigenvalue weighted by molar-refractivity contribution is -0.133. The Kier molecular flexibility index (Phi) is 5.86. The van der Waals surface area contributed by atoms with Crippen LogP contribution >= 0.6 is 0 Å². The summed E-state index contributed by atoms with van der Waals surface area (Å²) in [4.78, 5) is 42.8. The number of nitrogens with zero attached hydrogens (tertiary/aromatic N) is 3. The van der Waals surface area contributed by atoms with Gasteiger partial charge in [-0.05, 0) is 36.6 Å². The standard InChI is InChI=1S/C27H29N3O4/c1-28-26(22(30-15-7-11-24(30)32)17-29-14-6-10-23(29)31)25(18-8-4-3-5-9-18)21-16-19(34-2)12-13-20(21)27(28)33/h3-5,8-9,12-13,16,22H,6-7,10-11,14-15,17H2,1-2H3. The van der Waals surface area contributed by atoms with Crippen molar-refractivity contribution in [3.05, 3.63) is 64.6 Å². The number of pyridine rings is 1. The monoisotopic (exact) mass is 459 g/mol. The number of methoxy groups -OCH3 is 1. The van der Waals surface area contributed by atoms with Crippen molar-refractivity contribution in [1.29, 1.82) is 0 Å². The molecule has 1 unspecified atom stereocenters. The average molecular weight is 460 g/mol. The number of aromatic nitrogens is 1. The van der Waals surface area contributed by atoms with Gasteiger partial charge in [0.1, 0.15) is 5.75 Å². The fourth-order valence-electron chi connectivity index (χ4n) is 5.37. The molecule has 2 aromatic carbocycles. The number of carbonyl (C=O) groups is 2. The van der Waals surface area contributed by atoms with Gasteiger partial charge < -0.3 is 19.1 Å². The molecular weight excluding hydrogens is 430 g/mol. The summed E-state index contributed by atoms with van der Waals surface area (Å²) in [5.41, 5.74) is 2.48. The molecule has 3 heterocycles. The highest BCUT2D eigenvalue weighted by molar-refractivity contribution is 5.98. The molecule has 176 valence electrons. The quantitative estimate of drug-likeness (QED) is 0.566. The number of benzene rings is 2. The van der Waals surface area contributed by atoms with Crippen LogP contribution in [-0.2, 0) is 16.6 Å². The Morgan fingerprint density at radius 3 is 2.29 bits per heavy atom. The fourth-order valence-corrected chi connectivity index (χ4v) is 5.37. The molecule has 1 aromatic heterocycles. The van der Waals surface area contributed by atoms with Crippen LogP contribution in [0.15, 0.2) is 53.3 Å². The minimum Gasteiger partial charge on any atom is -0.497 e. The Bertz CT molecular complexity index is 1310. The Morgan fingerprint density at radius 2 is 1.65 bits per heavy atom. The molecule has 0 N–H and O–H groups in total. The number of carbonyl (C=O) groups excluding carboxylic acids is 2. The van der Waals surface area contributed by atoms with Gasteiger partial charge in [-0.3, -0.25) is 14.4 Å². The van der Waals surface area contributed by atoms with Gasteiger partial charge in [-0.15, -0.1) is 0 Å². The maximum Gasteiger partial charge on any atom is 0.258 e. The van der Waals surface area contributed by atoms with Crippen molar-refractivity contribution in [2.24, 2.45) is 7.05 Å². The molecule has 0 aliphatic carbocycles. The molecule has 0 bridgehead atoms. The molecule has 0 saturated carbocycles. The third-order valence-electron chi connectivity index (χ3n) is 7.08. The molecule has 3 aromatic rings. The van der Waals surface area contributed by atoms with Gasteiger partial charge in [-0.1, -0.05) is 30.3 Å². The van der Waals surface area contributed by atoms with Crippen LogP contribution < -0.4 is 10.3 Å². The lowest BCUT2D eigenvalue weighted by Gasteiger charge is -2.34. The molecule has 0 spiro atoms. The number of hydrogen-bond donors (Lipinski definition) is 0. The van der Waals surface area contributed by atoms with E-state index in [1.54, 1.807) is 30.9 Å². The largest absolute Gasteiger partial charge is 0.497 e. The lowest BCUT2D eigenvalue weighted by atomic mass is 9.92. The number of rotatable bonds is 6. The van der Waals surface area contributed by atoms with Gasteiger partial charge in [-0.25, -0.2) is 0 Å². The zero-order valence-corrected chi connectivity index (χ0v) is 19.6. The van der Waals surface area contributed by atoms with Crippen molar-refractivity contribution in [3.8, 4) is 16.9 Å². The third-order valence-corrected chi connectivity index (χ3v) is 7.08. The molecule has 2 aliphatic rings. The Morgan fingerprint density at radius 1 is 0.912 bits per heavy atom. The maximum atomic E-state index is 13.6. The van der Waals surface area contributed by atoms with Crippen LogP contribution in [0.4, 0.5) is 0 Å². The highest BCUT2D eigenvalue weighted by Gasteiger charge is 2.36. The van der Waals surface area contributed by atoms with Gasteiger partial charge in [0, 0.05) is 55.9 Å². The van der Waals surface area contributed by atoms with Gasteiger partial charge in [0.25, 0.3) is 5.56 Å². The van der Waals surface area contributed by atoms with Gasteiger partial charge in [0.15, 0.2) is 0 Å². The number of likely N-dealkylation sites (tertiary alicyclic amines) is 2. The lowest BCUT2D eigenvalue weighted by Crippen LogP contribution is -2.42. The second-order valence-corrected chi connectivity index (χ2v) is 9.05. The Balaban J connectivity index is 1.82. The first kappa shape index (κ1) is 22.2. The summed E-state index contributed by atoms with van der Waals surface area (Å²) >= 11 is 0. The molecule has 7 heteroatoms. The van der Waals surface area contributed by atoms with Crippen molar-refractivity contribution in [2.75, 3.05) is 26.7 Å². The van der Waals surface area contributed by atoms with E-state index in [0.29, 0.717) is 43.6 Å². The van der Waals surface area contributed by atoms with Gasteiger partial charge in [0.05, 0.1) is 18.8 Å². The number of amides is 2. The van der Waals surface area contributed by atoms with Crippen molar-refractivity contribution in [1.82, 2.24) is 14.4 Å². The number of hydrogen-bond acceptors (Lipinski definition) is 4. The molecule has 5 rings (SSSR count). The molecule has 0 radical (unpaired) electrons. The van der Waals surface area contributed by atoms with Crippen LogP contribution in [0, 0.1) is 0 Å². The molecule has 2 fully saturated rings. The predicted octanol–water partition coefficient (Wildman–Crippen LogP) is 3.50. The first-order valence-corrected chi connectivity index (χ1v) is 11.8. The molecular formula is C27H29N3O4. The summed E-state index contributed by atoms with van der Waals surface area (Å²) in [5, 5.41) is 1.38. The van der Waals surface area contributed by atoms with Gasteiger partial charge in [0.2, 0.25) is 11.8 Å². The second-order valence-electron chi connectivity index (χ2n) is 9.05. The van der Waals surface area contributed by atoms with Crippen molar-refractivity contribution >= 4 is 22.6 Å². The minimum absolute atomic E-state index is 0.0637. The zero-order valence-electron chi connectivity index (χ0n) is 19.6. The molecule has 34 heavy (non-hydrogen) atoms. The molecule has 2 amide bonds. The summed E-state index contributed by atoms with van der Waals surface area (Å²) < 4.78 is 7.17. The van der Waals surface area contributed by atoms with E-state index in [1.807, 2.05) is 46.2 Å². The normalized spacial score (nSPS) is 17.1. The number of fused-ring (bicyclic) bond motifs is 1. The van der Waals surface area contributed by atoms with Crippen molar-refractivity contribution < 1.29 is 14.3 Å². The van der Waals surface area contributed by atoms with Crippen LogP contribution in [0.5, 0.6) is 5.75 Å².